The number of halogens is 2. The Labute approximate surface area is 87.8 Å². The molecule has 0 saturated heterocycles. The van der Waals surface area contributed by atoms with Crippen molar-refractivity contribution in [2.24, 2.45) is 0 Å². The normalized spacial score (nSPS) is 9.07. The summed E-state index contributed by atoms with van der Waals surface area (Å²) >= 11 is 5.39. The second-order valence-electron chi connectivity index (χ2n) is 2.54. The molecule has 0 bridgehead atoms. The van der Waals surface area contributed by atoms with E-state index in [1.54, 1.807) is 6.07 Å². The van der Waals surface area contributed by atoms with E-state index in [1.165, 1.54) is 12.1 Å². The van der Waals surface area contributed by atoms with E-state index in [0.717, 1.165) is 0 Å². The molecule has 0 amide bonds. The SMILES string of the molecule is CCOc1cc(F)cc(C#CCCl)c1. The van der Waals surface area contributed by atoms with Gasteiger partial charge in [0.05, 0.1) is 12.5 Å². The Bertz CT molecular complexity index is 365. The lowest BCUT2D eigenvalue weighted by atomic mass is 10.2. The summed E-state index contributed by atoms with van der Waals surface area (Å²) in [7, 11) is 0. The predicted molar refractivity (Wildman–Crippen MR) is 55.2 cm³/mol. The van der Waals surface area contributed by atoms with E-state index in [0.29, 0.717) is 17.9 Å². The molecule has 0 radical (unpaired) electrons. The van der Waals surface area contributed by atoms with E-state index in [4.69, 9.17) is 16.3 Å². The minimum absolute atomic E-state index is 0.237. The molecule has 14 heavy (non-hydrogen) atoms. The Balaban J connectivity index is 2.94. The van der Waals surface area contributed by atoms with Gasteiger partial charge in [-0.2, -0.15) is 0 Å². The average molecular weight is 213 g/mol. The molecule has 0 unspecified atom stereocenters. The summed E-state index contributed by atoms with van der Waals surface area (Å²) in [5, 5.41) is 0. The Hall–Kier alpha value is -1.20. The highest BCUT2D eigenvalue weighted by Crippen LogP contribution is 2.15. The standard InChI is InChI=1S/C11H10ClFO/c1-2-14-11-7-9(4-3-5-12)6-10(13)8-11/h6-8H,2,5H2,1H3. The van der Waals surface area contributed by atoms with Crippen molar-refractivity contribution in [1.29, 1.82) is 0 Å². The molecule has 0 spiro atoms. The van der Waals surface area contributed by atoms with Crippen LogP contribution in [0.3, 0.4) is 0 Å². The molecule has 0 saturated carbocycles. The molecule has 0 heterocycles. The van der Waals surface area contributed by atoms with Crippen molar-refractivity contribution in [3.63, 3.8) is 0 Å². The first kappa shape index (κ1) is 10.9. The third-order valence-corrected chi connectivity index (χ3v) is 1.62. The van der Waals surface area contributed by atoms with Gasteiger partial charge in [0.15, 0.2) is 0 Å². The molecule has 1 aromatic rings. The lowest BCUT2D eigenvalue weighted by molar-refractivity contribution is 0.338. The number of hydrogen-bond donors (Lipinski definition) is 0. The van der Waals surface area contributed by atoms with E-state index in [2.05, 4.69) is 11.8 Å². The van der Waals surface area contributed by atoms with Crippen molar-refractivity contribution >= 4 is 11.6 Å². The van der Waals surface area contributed by atoms with Gasteiger partial charge in [-0.3, -0.25) is 0 Å². The van der Waals surface area contributed by atoms with E-state index >= 15 is 0 Å². The minimum atomic E-state index is -0.352. The zero-order valence-electron chi connectivity index (χ0n) is 7.81. The average Bonchev–Trinajstić information content (AvgIpc) is 2.14. The summed E-state index contributed by atoms with van der Waals surface area (Å²) < 4.78 is 18.2. The number of ether oxygens (including phenoxy) is 1. The minimum Gasteiger partial charge on any atom is -0.494 e. The number of benzene rings is 1. The fourth-order valence-corrected chi connectivity index (χ4v) is 1.09. The predicted octanol–water partition coefficient (Wildman–Crippen LogP) is 2.81. The van der Waals surface area contributed by atoms with Gasteiger partial charge in [-0.1, -0.05) is 11.8 Å². The Morgan fingerprint density at radius 1 is 1.43 bits per heavy atom. The number of hydrogen-bond acceptors (Lipinski definition) is 1. The summed E-state index contributed by atoms with van der Waals surface area (Å²) in [6, 6.07) is 4.36. The van der Waals surface area contributed by atoms with Gasteiger partial charge in [-0.15, -0.1) is 11.6 Å². The zero-order chi connectivity index (χ0) is 10.4. The second kappa shape index (κ2) is 5.51. The van der Waals surface area contributed by atoms with E-state index in [-0.39, 0.29) is 11.7 Å². The molecule has 0 atom stereocenters. The Morgan fingerprint density at radius 2 is 2.21 bits per heavy atom. The summed E-state index contributed by atoms with van der Waals surface area (Å²) in [5.41, 5.74) is 0.578. The van der Waals surface area contributed by atoms with Gasteiger partial charge in [0.25, 0.3) is 0 Å². The molecule has 0 aliphatic heterocycles. The van der Waals surface area contributed by atoms with Crippen LogP contribution in [0.1, 0.15) is 12.5 Å². The quantitative estimate of drug-likeness (QED) is 0.541. The van der Waals surface area contributed by atoms with Crippen LogP contribution in [0, 0.1) is 17.7 Å². The van der Waals surface area contributed by atoms with Crippen LogP contribution in [0.4, 0.5) is 4.39 Å². The first-order valence-electron chi connectivity index (χ1n) is 4.24. The lowest BCUT2D eigenvalue weighted by Gasteiger charge is -2.02. The van der Waals surface area contributed by atoms with Crippen LogP contribution in [-0.4, -0.2) is 12.5 Å². The van der Waals surface area contributed by atoms with Gasteiger partial charge >= 0.3 is 0 Å². The molecule has 0 fully saturated rings. The number of rotatable bonds is 2. The van der Waals surface area contributed by atoms with Crippen LogP contribution in [-0.2, 0) is 0 Å². The van der Waals surface area contributed by atoms with Crippen molar-refractivity contribution in [1.82, 2.24) is 0 Å². The third-order valence-electron chi connectivity index (χ3n) is 1.48. The van der Waals surface area contributed by atoms with Crippen molar-refractivity contribution in [2.75, 3.05) is 12.5 Å². The lowest BCUT2D eigenvalue weighted by Crippen LogP contribution is -1.92. The van der Waals surface area contributed by atoms with Gasteiger partial charge in [-0.05, 0) is 19.1 Å². The van der Waals surface area contributed by atoms with Crippen molar-refractivity contribution in [3.8, 4) is 17.6 Å². The smallest absolute Gasteiger partial charge is 0.128 e. The first-order valence-corrected chi connectivity index (χ1v) is 4.78. The maximum absolute atomic E-state index is 13.0. The zero-order valence-corrected chi connectivity index (χ0v) is 8.57. The third kappa shape index (κ3) is 3.27. The highest BCUT2D eigenvalue weighted by atomic mass is 35.5. The maximum Gasteiger partial charge on any atom is 0.128 e. The molecule has 0 aliphatic carbocycles. The van der Waals surface area contributed by atoms with Crippen molar-refractivity contribution in [2.45, 2.75) is 6.92 Å². The molecular weight excluding hydrogens is 203 g/mol. The summed E-state index contributed by atoms with van der Waals surface area (Å²) in [5.74, 6) is 5.76. The Morgan fingerprint density at radius 3 is 2.86 bits per heavy atom. The van der Waals surface area contributed by atoms with Gasteiger partial charge in [0.1, 0.15) is 11.6 Å². The summed E-state index contributed by atoms with van der Waals surface area (Å²) in [4.78, 5) is 0. The fourth-order valence-electron chi connectivity index (χ4n) is 1.02. The fraction of sp³-hybridized carbons (Fsp3) is 0.273. The highest BCUT2D eigenvalue weighted by molar-refractivity contribution is 6.19. The molecule has 0 N–H and O–H groups in total. The van der Waals surface area contributed by atoms with Gasteiger partial charge in [-0.25, -0.2) is 4.39 Å². The Kier molecular flexibility index (Phi) is 4.28. The van der Waals surface area contributed by atoms with Gasteiger partial charge < -0.3 is 4.74 Å². The van der Waals surface area contributed by atoms with Crippen molar-refractivity contribution in [3.05, 3.63) is 29.6 Å². The van der Waals surface area contributed by atoms with Crippen LogP contribution in [0.25, 0.3) is 0 Å². The summed E-state index contributed by atoms with van der Waals surface area (Å²) in [6.45, 7) is 2.35. The maximum atomic E-state index is 13.0. The van der Waals surface area contributed by atoms with Crippen LogP contribution in [0.2, 0.25) is 0 Å². The molecule has 74 valence electrons. The monoisotopic (exact) mass is 212 g/mol. The van der Waals surface area contributed by atoms with Crippen LogP contribution in [0.5, 0.6) is 5.75 Å². The van der Waals surface area contributed by atoms with Crippen molar-refractivity contribution < 1.29 is 9.13 Å². The molecule has 1 aromatic carbocycles. The highest BCUT2D eigenvalue weighted by Gasteiger charge is 1.98. The molecule has 0 aliphatic rings. The van der Waals surface area contributed by atoms with E-state index in [9.17, 15) is 4.39 Å². The van der Waals surface area contributed by atoms with E-state index in [1.807, 2.05) is 6.92 Å². The number of alkyl halides is 1. The topological polar surface area (TPSA) is 9.23 Å². The van der Waals surface area contributed by atoms with Gasteiger partial charge in [0, 0.05) is 11.6 Å². The molecule has 1 nitrogen and oxygen atoms in total. The second-order valence-corrected chi connectivity index (χ2v) is 2.81. The summed E-state index contributed by atoms with van der Waals surface area (Å²) in [6.07, 6.45) is 0. The van der Waals surface area contributed by atoms with Gasteiger partial charge in [0.2, 0.25) is 0 Å². The van der Waals surface area contributed by atoms with Crippen LogP contribution in [0.15, 0.2) is 18.2 Å². The largest absolute Gasteiger partial charge is 0.494 e. The van der Waals surface area contributed by atoms with Crippen LogP contribution < -0.4 is 4.74 Å². The molecule has 0 aromatic heterocycles. The first-order chi connectivity index (χ1) is 6.76. The molecule has 1 rings (SSSR count). The molecular formula is C11H10ClFO. The van der Waals surface area contributed by atoms with Crippen LogP contribution >= 0.6 is 11.6 Å². The van der Waals surface area contributed by atoms with E-state index < -0.39 is 0 Å². The molecule has 3 heteroatoms.